The summed E-state index contributed by atoms with van der Waals surface area (Å²) in [6, 6.07) is 7.62. The summed E-state index contributed by atoms with van der Waals surface area (Å²) in [5.41, 5.74) is 2.86. The van der Waals surface area contributed by atoms with Gasteiger partial charge in [0, 0.05) is 62.5 Å². The van der Waals surface area contributed by atoms with Gasteiger partial charge in [-0.05, 0) is 38.4 Å². The highest BCUT2D eigenvalue weighted by molar-refractivity contribution is 5.94. The number of likely N-dealkylation sites (N-methyl/N-ethyl adjacent to an activating group) is 2. The number of aromatic nitrogens is 4. The van der Waals surface area contributed by atoms with Gasteiger partial charge in [-0.3, -0.25) is 0 Å². The summed E-state index contributed by atoms with van der Waals surface area (Å²) in [4.78, 5) is 16.8. The fraction of sp³-hybridized carbons (Fsp3) is 0.321. The molecule has 0 saturated carbocycles. The van der Waals surface area contributed by atoms with Crippen LogP contribution in [0.1, 0.15) is 0 Å². The second-order valence-electron chi connectivity index (χ2n) is 9.74. The van der Waals surface area contributed by atoms with Crippen molar-refractivity contribution in [3.05, 3.63) is 61.3 Å². The Kier molecular flexibility index (Phi) is 8.96. The van der Waals surface area contributed by atoms with Crippen molar-refractivity contribution < 1.29 is 22.3 Å². The van der Waals surface area contributed by atoms with E-state index in [1.165, 1.54) is 18.5 Å². The van der Waals surface area contributed by atoms with Crippen molar-refractivity contribution >= 4 is 33.9 Å². The van der Waals surface area contributed by atoms with Crippen LogP contribution in [0, 0.1) is 5.82 Å². The summed E-state index contributed by atoms with van der Waals surface area (Å²) in [6.07, 6.45) is 0.185. The van der Waals surface area contributed by atoms with Crippen molar-refractivity contribution in [2.24, 2.45) is 7.05 Å². The fourth-order valence-corrected chi connectivity index (χ4v) is 4.20. The molecule has 0 fully saturated rings. The molecular formula is C28H32F4N8O. The van der Waals surface area contributed by atoms with Crippen LogP contribution >= 0.6 is 0 Å². The Labute approximate surface area is 235 Å². The maximum Gasteiger partial charge on any atom is 0.422 e. The monoisotopic (exact) mass is 572 g/mol. The molecule has 4 rings (SSSR count). The largest absolute Gasteiger partial charge is 0.482 e. The smallest absolute Gasteiger partial charge is 0.422 e. The number of hydrogen-bond donors (Lipinski definition) is 2. The summed E-state index contributed by atoms with van der Waals surface area (Å²) in [5, 5.41) is 6.84. The van der Waals surface area contributed by atoms with E-state index in [-0.39, 0.29) is 23.2 Å². The lowest BCUT2D eigenvalue weighted by molar-refractivity contribution is -0.153. The van der Waals surface area contributed by atoms with Crippen LogP contribution in [0.15, 0.2) is 55.5 Å². The lowest BCUT2D eigenvalue weighted by atomic mass is 10.1. The topological polar surface area (TPSA) is 83.4 Å². The minimum Gasteiger partial charge on any atom is -0.482 e. The summed E-state index contributed by atoms with van der Waals surface area (Å²) >= 11 is 0. The molecule has 0 atom stereocenters. The number of nitrogens with one attached hydrogen (secondary N) is 2. The van der Waals surface area contributed by atoms with Crippen LogP contribution in [0.4, 0.5) is 40.6 Å². The highest BCUT2D eigenvalue weighted by Crippen LogP contribution is 2.39. The van der Waals surface area contributed by atoms with Gasteiger partial charge in [-0.25, -0.2) is 14.4 Å². The van der Waals surface area contributed by atoms with E-state index >= 15 is 0 Å². The molecule has 218 valence electrons. The SMILES string of the molecule is C=CCNc1cc(Nc2ncnc(-c3cn(C)c4ccc(F)cc34)n2)c(OCC(F)(F)F)cc1N(C)CCN(C)C. The van der Waals surface area contributed by atoms with E-state index < -0.39 is 18.6 Å². The quantitative estimate of drug-likeness (QED) is 0.171. The van der Waals surface area contributed by atoms with Gasteiger partial charge in [0.25, 0.3) is 0 Å². The average molecular weight is 573 g/mol. The van der Waals surface area contributed by atoms with Crippen LogP contribution in [-0.4, -0.2) is 78.0 Å². The molecule has 0 aliphatic carbocycles. The Bertz CT molecular complexity index is 1520. The van der Waals surface area contributed by atoms with E-state index in [1.54, 1.807) is 30.5 Å². The number of halogens is 4. The van der Waals surface area contributed by atoms with Gasteiger partial charge in [-0.15, -0.1) is 6.58 Å². The van der Waals surface area contributed by atoms with Crippen molar-refractivity contribution in [1.29, 1.82) is 0 Å². The minimum absolute atomic E-state index is 0.0348. The molecule has 13 heteroatoms. The number of nitrogens with zero attached hydrogens (tertiary/aromatic N) is 6. The molecule has 9 nitrogen and oxygen atoms in total. The molecule has 0 spiro atoms. The van der Waals surface area contributed by atoms with Crippen molar-refractivity contribution in [3.8, 4) is 17.1 Å². The number of ether oxygens (including phenoxy) is 1. The number of fused-ring (bicyclic) bond motifs is 1. The lowest BCUT2D eigenvalue weighted by Gasteiger charge is -2.26. The normalized spacial score (nSPS) is 11.6. The van der Waals surface area contributed by atoms with E-state index in [0.29, 0.717) is 35.4 Å². The van der Waals surface area contributed by atoms with Crippen LogP contribution in [-0.2, 0) is 7.05 Å². The average Bonchev–Trinajstić information content (AvgIpc) is 3.24. The highest BCUT2D eigenvalue weighted by Gasteiger charge is 2.29. The molecule has 0 saturated heterocycles. The first kappa shape index (κ1) is 29.6. The van der Waals surface area contributed by atoms with E-state index in [1.807, 2.05) is 42.6 Å². The van der Waals surface area contributed by atoms with E-state index in [9.17, 15) is 17.6 Å². The first-order valence-electron chi connectivity index (χ1n) is 12.7. The summed E-state index contributed by atoms with van der Waals surface area (Å²) in [6.45, 7) is 4.02. The second kappa shape index (κ2) is 12.4. The van der Waals surface area contributed by atoms with Crippen LogP contribution in [0.25, 0.3) is 22.3 Å². The zero-order valence-corrected chi connectivity index (χ0v) is 23.3. The van der Waals surface area contributed by atoms with Crippen molar-refractivity contribution in [1.82, 2.24) is 24.4 Å². The summed E-state index contributed by atoms with van der Waals surface area (Å²) < 4.78 is 60.6. The fourth-order valence-electron chi connectivity index (χ4n) is 4.20. The van der Waals surface area contributed by atoms with Gasteiger partial charge in [0.2, 0.25) is 5.95 Å². The van der Waals surface area contributed by atoms with Gasteiger partial charge in [-0.1, -0.05) is 6.08 Å². The van der Waals surface area contributed by atoms with Crippen molar-refractivity contribution in [2.75, 3.05) is 62.9 Å². The summed E-state index contributed by atoms with van der Waals surface area (Å²) in [7, 11) is 7.55. The number of benzene rings is 2. The third kappa shape index (κ3) is 7.42. The number of rotatable bonds is 12. The predicted molar refractivity (Wildman–Crippen MR) is 153 cm³/mol. The van der Waals surface area contributed by atoms with Gasteiger partial charge in [0.15, 0.2) is 12.4 Å². The number of anilines is 4. The zero-order valence-electron chi connectivity index (χ0n) is 23.3. The Balaban J connectivity index is 1.75. The molecule has 0 radical (unpaired) electrons. The maximum absolute atomic E-state index is 14.0. The molecule has 0 unspecified atom stereocenters. The second-order valence-corrected chi connectivity index (χ2v) is 9.74. The molecule has 41 heavy (non-hydrogen) atoms. The molecule has 2 heterocycles. The Morgan fingerprint density at radius 3 is 2.56 bits per heavy atom. The van der Waals surface area contributed by atoms with Crippen molar-refractivity contribution in [3.63, 3.8) is 0 Å². The number of aryl methyl sites for hydroxylation is 1. The number of alkyl halides is 3. The predicted octanol–water partition coefficient (Wildman–Crippen LogP) is 5.45. The minimum atomic E-state index is -4.54. The van der Waals surface area contributed by atoms with Gasteiger partial charge in [0.1, 0.15) is 17.9 Å². The molecule has 4 aromatic rings. The zero-order chi connectivity index (χ0) is 29.7. The molecule has 0 amide bonds. The Morgan fingerprint density at radius 1 is 1.07 bits per heavy atom. The molecule has 2 aromatic heterocycles. The van der Waals surface area contributed by atoms with E-state index in [4.69, 9.17) is 4.74 Å². The molecular weight excluding hydrogens is 540 g/mol. The molecule has 0 aliphatic heterocycles. The molecule has 0 bridgehead atoms. The van der Waals surface area contributed by atoms with Gasteiger partial charge in [0.05, 0.1) is 17.1 Å². The van der Waals surface area contributed by atoms with Crippen LogP contribution in [0.2, 0.25) is 0 Å². The number of hydrogen-bond acceptors (Lipinski definition) is 8. The van der Waals surface area contributed by atoms with Crippen LogP contribution < -0.4 is 20.3 Å². The van der Waals surface area contributed by atoms with Gasteiger partial charge >= 0.3 is 6.18 Å². The maximum atomic E-state index is 14.0. The van der Waals surface area contributed by atoms with E-state index in [2.05, 4.69) is 32.2 Å². The highest BCUT2D eigenvalue weighted by atomic mass is 19.4. The third-order valence-electron chi connectivity index (χ3n) is 6.23. The molecule has 2 aromatic carbocycles. The van der Waals surface area contributed by atoms with Crippen molar-refractivity contribution in [2.45, 2.75) is 6.18 Å². The first-order valence-corrected chi connectivity index (χ1v) is 12.7. The van der Waals surface area contributed by atoms with Gasteiger partial charge in [-0.2, -0.15) is 18.2 Å². The molecule has 0 aliphatic rings. The van der Waals surface area contributed by atoms with Crippen LogP contribution in [0.3, 0.4) is 0 Å². The Hall–Kier alpha value is -4.39. The van der Waals surface area contributed by atoms with Crippen LogP contribution in [0.5, 0.6) is 5.75 Å². The summed E-state index contributed by atoms with van der Waals surface area (Å²) in [5.74, 6) is -0.100. The molecule has 2 N–H and O–H groups in total. The lowest BCUT2D eigenvalue weighted by Crippen LogP contribution is -2.29. The Morgan fingerprint density at radius 2 is 1.85 bits per heavy atom. The third-order valence-corrected chi connectivity index (χ3v) is 6.23. The first-order chi connectivity index (χ1) is 19.4. The standard InChI is InChI=1S/C28H32F4N8O/c1-6-9-33-21-13-22(25(41-16-28(30,31)32)14-24(21)39(4)11-10-38(2)3)36-27-35-17-34-26(37-27)20-15-40(5)23-8-7-18(29)12-19(20)23/h6-8,12-15,17,33H,1,9-11,16H2,2-5H3,(H,34,35,36,37). The van der Waals surface area contributed by atoms with Gasteiger partial charge < -0.3 is 29.7 Å². The van der Waals surface area contributed by atoms with E-state index in [0.717, 1.165) is 12.1 Å².